The first-order chi connectivity index (χ1) is 15.8. The van der Waals surface area contributed by atoms with E-state index in [0.717, 1.165) is 42.7 Å². The van der Waals surface area contributed by atoms with E-state index in [1.165, 1.54) is 18.1 Å². The van der Waals surface area contributed by atoms with Gasteiger partial charge in [0.2, 0.25) is 15.9 Å². The molecule has 0 bridgehead atoms. The molecule has 0 spiro atoms. The lowest BCUT2D eigenvalue weighted by Crippen LogP contribution is -2.24. The van der Waals surface area contributed by atoms with Crippen LogP contribution in [0.1, 0.15) is 50.6 Å². The third-order valence-corrected chi connectivity index (χ3v) is 8.31. The Morgan fingerprint density at radius 2 is 1.97 bits per heavy atom. The predicted molar refractivity (Wildman–Crippen MR) is 124 cm³/mol. The third kappa shape index (κ3) is 5.21. The van der Waals surface area contributed by atoms with Crippen LogP contribution in [0, 0.1) is 11.6 Å². The Hall–Kier alpha value is -2.47. The summed E-state index contributed by atoms with van der Waals surface area (Å²) >= 11 is 1.42. The van der Waals surface area contributed by atoms with Crippen LogP contribution in [-0.4, -0.2) is 41.8 Å². The molecule has 1 aliphatic heterocycles. The number of rotatable bonds is 8. The number of anilines is 3. The molecule has 1 aromatic heterocycles. The smallest absolute Gasteiger partial charge is 0.234 e. The lowest BCUT2D eigenvalue weighted by atomic mass is 10.1. The zero-order valence-electron chi connectivity index (χ0n) is 18.0. The Kier molecular flexibility index (Phi) is 7.03. The molecule has 4 rings (SSSR count). The summed E-state index contributed by atoms with van der Waals surface area (Å²) in [6, 6.07) is 2.23. The molecule has 178 valence electrons. The van der Waals surface area contributed by atoms with Crippen LogP contribution in [0.3, 0.4) is 0 Å². The van der Waals surface area contributed by atoms with Gasteiger partial charge in [0.05, 0.1) is 27.9 Å². The molecule has 1 saturated carbocycles. The van der Waals surface area contributed by atoms with E-state index >= 15 is 0 Å². The van der Waals surface area contributed by atoms with Crippen LogP contribution in [0.5, 0.6) is 0 Å². The van der Waals surface area contributed by atoms with Crippen molar-refractivity contribution in [3.05, 3.63) is 35.8 Å². The van der Waals surface area contributed by atoms with Gasteiger partial charge in [0.25, 0.3) is 0 Å². The average molecular weight is 498 g/mol. The summed E-state index contributed by atoms with van der Waals surface area (Å²) in [6.07, 6.45) is 6.16. The second-order valence-corrected chi connectivity index (χ2v) is 11.0. The molecule has 1 unspecified atom stereocenters. The summed E-state index contributed by atoms with van der Waals surface area (Å²) in [5.41, 5.74) is -0.617. The van der Waals surface area contributed by atoms with Crippen molar-refractivity contribution in [3.8, 4) is 0 Å². The van der Waals surface area contributed by atoms with Crippen LogP contribution < -0.4 is 15.4 Å². The number of hydrogen-bond acceptors (Lipinski definition) is 7. The van der Waals surface area contributed by atoms with Crippen LogP contribution in [0.2, 0.25) is 0 Å². The zero-order valence-corrected chi connectivity index (χ0v) is 19.7. The van der Waals surface area contributed by atoms with Gasteiger partial charge in [-0.2, -0.15) is 0 Å². The number of nitrogens with one attached hydrogen (secondary N) is 3. The summed E-state index contributed by atoms with van der Waals surface area (Å²) in [5.74, 6) is -2.72. The molecule has 3 N–H and O–H groups in total. The van der Waals surface area contributed by atoms with Gasteiger partial charge in [-0.1, -0.05) is 19.8 Å². The molecule has 12 heteroatoms. The van der Waals surface area contributed by atoms with Gasteiger partial charge in [0.15, 0.2) is 5.82 Å². The van der Waals surface area contributed by atoms with Crippen LogP contribution >= 0.6 is 11.8 Å². The fourth-order valence-electron chi connectivity index (χ4n) is 4.03. The maximum absolute atomic E-state index is 14.9. The average Bonchev–Trinajstić information content (AvgIpc) is 3.43. The van der Waals surface area contributed by atoms with Crippen molar-refractivity contribution in [2.24, 2.45) is 0 Å². The number of sulfonamides is 1. The second kappa shape index (κ2) is 9.80. The molecule has 1 fully saturated rings. The van der Waals surface area contributed by atoms with Crippen molar-refractivity contribution in [1.82, 2.24) is 9.97 Å². The molecule has 8 nitrogen and oxygen atoms in total. The van der Waals surface area contributed by atoms with E-state index in [1.807, 2.05) is 0 Å². The van der Waals surface area contributed by atoms with Crippen LogP contribution in [0.25, 0.3) is 0 Å². The van der Waals surface area contributed by atoms with Crippen LogP contribution in [-0.2, 0) is 14.8 Å². The third-order valence-electron chi connectivity index (χ3n) is 5.65. The number of hydrogen-bond donors (Lipinski definition) is 3. The summed E-state index contributed by atoms with van der Waals surface area (Å²) in [7, 11) is -3.79. The monoisotopic (exact) mass is 497 g/mol. The van der Waals surface area contributed by atoms with Gasteiger partial charge < -0.3 is 10.6 Å². The molecule has 1 atom stereocenters. The van der Waals surface area contributed by atoms with E-state index in [4.69, 9.17) is 0 Å². The summed E-state index contributed by atoms with van der Waals surface area (Å²) in [6.45, 7) is 1.67. The fourth-order valence-corrected chi connectivity index (χ4v) is 6.40. The molecule has 2 aromatic rings. The zero-order chi connectivity index (χ0) is 23.6. The lowest BCUT2D eigenvalue weighted by Gasteiger charge is -2.16. The van der Waals surface area contributed by atoms with Gasteiger partial charge in [0.1, 0.15) is 23.6 Å². The van der Waals surface area contributed by atoms with Crippen molar-refractivity contribution < 1.29 is 22.0 Å². The molecule has 0 radical (unpaired) electrons. The normalized spacial score (nSPS) is 18.2. The summed E-state index contributed by atoms with van der Waals surface area (Å²) in [5, 5.41) is 5.71. The Balaban J connectivity index is 1.54. The molecule has 1 amide bonds. The van der Waals surface area contributed by atoms with Crippen LogP contribution in [0.4, 0.5) is 26.0 Å². The lowest BCUT2D eigenvalue weighted by molar-refractivity contribution is -0.117. The Morgan fingerprint density at radius 3 is 2.70 bits per heavy atom. The maximum Gasteiger partial charge on any atom is 0.234 e. The number of amides is 1. The first-order valence-electron chi connectivity index (χ1n) is 10.8. The van der Waals surface area contributed by atoms with Crippen molar-refractivity contribution in [1.29, 1.82) is 0 Å². The molecule has 33 heavy (non-hydrogen) atoms. The number of aromatic nitrogens is 2. The van der Waals surface area contributed by atoms with E-state index in [9.17, 15) is 22.0 Å². The van der Waals surface area contributed by atoms with Gasteiger partial charge in [0, 0.05) is 11.8 Å². The van der Waals surface area contributed by atoms with Crippen molar-refractivity contribution in [3.63, 3.8) is 0 Å². The largest absolute Gasteiger partial charge is 0.366 e. The highest BCUT2D eigenvalue weighted by Gasteiger charge is 2.35. The molecule has 2 aliphatic rings. The van der Waals surface area contributed by atoms with Crippen molar-refractivity contribution in [2.75, 3.05) is 26.9 Å². The minimum atomic E-state index is -3.79. The highest BCUT2D eigenvalue weighted by atomic mass is 32.2. The molecule has 1 aliphatic carbocycles. The van der Waals surface area contributed by atoms with Gasteiger partial charge in [-0.3, -0.25) is 9.52 Å². The number of halogens is 2. The van der Waals surface area contributed by atoms with Gasteiger partial charge >= 0.3 is 0 Å². The van der Waals surface area contributed by atoms with Crippen LogP contribution in [0.15, 0.2) is 23.4 Å². The minimum absolute atomic E-state index is 0.210. The van der Waals surface area contributed by atoms with E-state index < -0.39 is 44.9 Å². The number of fused-ring (bicyclic) bond motifs is 1. The van der Waals surface area contributed by atoms with Gasteiger partial charge in [-0.05, 0) is 31.4 Å². The summed E-state index contributed by atoms with van der Waals surface area (Å²) in [4.78, 5) is 22.3. The first-order valence-corrected chi connectivity index (χ1v) is 13.5. The van der Waals surface area contributed by atoms with Crippen molar-refractivity contribution >= 4 is 44.9 Å². The SMILES string of the molecule is CCCS(=O)(=O)Nc1ccc(F)c(NC(=O)C2CSc3c(NC4CCCC4)ncnc32)c1F. The van der Waals surface area contributed by atoms with E-state index in [0.29, 0.717) is 29.7 Å². The highest BCUT2D eigenvalue weighted by molar-refractivity contribution is 7.99. The Labute approximate surface area is 195 Å². The van der Waals surface area contributed by atoms with Gasteiger partial charge in [-0.25, -0.2) is 27.2 Å². The number of carbonyl (C=O) groups is 1. The number of benzene rings is 1. The first kappa shape index (κ1) is 23.7. The van der Waals surface area contributed by atoms with E-state index in [-0.39, 0.29) is 5.75 Å². The second-order valence-electron chi connectivity index (χ2n) is 8.12. The van der Waals surface area contributed by atoms with Gasteiger partial charge in [-0.15, -0.1) is 11.8 Å². The predicted octanol–water partition coefficient (Wildman–Crippen LogP) is 4.09. The Bertz CT molecular complexity index is 1160. The molecular formula is C21H25F2N5O3S2. The standard InChI is InChI=1S/C21H25F2N5O3S2/c1-2-9-33(30,31)28-15-8-7-14(22)18(16(15)23)27-21(29)13-10-32-19-17(13)24-11-25-20(19)26-12-5-3-4-6-12/h7-8,11-13,28H,2-6,9-10H2,1H3,(H,27,29)(H,24,25,26). The fraction of sp³-hybridized carbons (Fsp3) is 0.476. The van der Waals surface area contributed by atoms with E-state index in [2.05, 4.69) is 25.3 Å². The van der Waals surface area contributed by atoms with Crippen molar-refractivity contribution in [2.45, 2.75) is 55.9 Å². The number of thioether (sulfide) groups is 1. The molecule has 1 aromatic carbocycles. The minimum Gasteiger partial charge on any atom is -0.366 e. The Morgan fingerprint density at radius 1 is 1.21 bits per heavy atom. The quantitative estimate of drug-likeness (QED) is 0.503. The molecular weight excluding hydrogens is 472 g/mol. The maximum atomic E-state index is 14.9. The number of nitrogens with zero attached hydrogens (tertiary/aromatic N) is 2. The molecule has 2 heterocycles. The van der Waals surface area contributed by atoms with E-state index in [1.54, 1.807) is 6.92 Å². The highest BCUT2D eigenvalue weighted by Crippen LogP contribution is 2.43. The molecule has 0 saturated heterocycles. The number of carbonyl (C=O) groups excluding carboxylic acids is 1. The summed E-state index contributed by atoms with van der Waals surface area (Å²) < 4.78 is 55.4. The topological polar surface area (TPSA) is 113 Å².